The summed E-state index contributed by atoms with van der Waals surface area (Å²) in [7, 11) is 0. The number of hydrogen-bond donors (Lipinski definition) is 0. The molecule has 0 aromatic heterocycles. The van der Waals surface area contributed by atoms with Crippen molar-refractivity contribution < 1.29 is 14.5 Å². The maximum Gasteiger partial charge on any atom is 0.270 e. The summed E-state index contributed by atoms with van der Waals surface area (Å²) in [5.41, 5.74) is 0.0504. The van der Waals surface area contributed by atoms with Crippen LogP contribution in [0.4, 0.5) is 5.69 Å². The Kier molecular flexibility index (Phi) is 2.71. The van der Waals surface area contributed by atoms with Gasteiger partial charge in [-0.1, -0.05) is 0 Å². The molecule has 0 fully saturated rings. The highest BCUT2D eigenvalue weighted by atomic mass is 16.6. The number of nitrogens with zero attached hydrogens (tertiary/aromatic N) is 1. The second-order valence-corrected chi connectivity index (χ2v) is 2.70. The van der Waals surface area contributed by atoms with Crippen molar-refractivity contribution in [1.29, 1.82) is 0 Å². The predicted octanol–water partition coefficient (Wildman–Crippen LogP) is 1.61. The summed E-state index contributed by atoms with van der Waals surface area (Å²) in [6.07, 6.45) is 0.434. The SMILES string of the molecule is CC(=O)c1ccc([N+](=O)[O-])cc1C=O. The molecule has 0 aliphatic rings. The number of ketones is 1. The van der Waals surface area contributed by atoms with E-state index in [4.69, 9.17) is 0 Å². The number of rotatable bonds is 3. The molecule has 0 spiro atoms. The third-order valence-corrected chi connectivity index (χ3v) is 1.75. The summed E-state index contributed by atoms with van der Waals surface area (Å²) in [5.74, 6) is -0.290. The van der Waals surface area contributed by atoms with Gasteiger partial charge in [0.15, 0.2) is 12.1 Å². The van der Waals surface area contributed by atoms with Crippen molar-refractivity contribution in [2.45, 2.75) is 6.92 Å². The Balaban J connectivity index is 3.32. The quantitative estimate of drug-likeness (QED) is 0.316. The lowest BCUT2D eigenvalue weighted by atomic mass is 10.0. The molecule has 0 radical (unpaired) electrons. The Labute approximate surface area is 79.5 Å². The first-order valence-electron chi connectivity index (χ1n) is 3.81. The first-order chi connectivity index (χ1) is 6.56. The van der Waals surface area contributed by atoms with E-state index in [0.717, 1.165) is 6.07 Å². The molecule has 0 atom stereocenters. The highest BCUT2D eigenvalue weighted by molar-refractivity contribution is 6.01. The monoisotopic (exact) mass is 193 g/mol. The normalized spacial score (nSPS) is 9.50. The smallest absolute Gasteiger partial charge is 0.270 e. The Morgan fingerprint density at radius 3 is 2.57 bits per heavy atom. The minimum atomic E-state index is -0.614. The van der Waals surface area contributed by atoms with Crippen molar-refractivity contribution >= 4 is 17.8 Å². The molecule has 0 saturated carbocycles. The fourth-order valence-corrected chi connectivity index (χ4v) is 1.08. The third-order valence-electron chi connectivity index (χ3n) is 1.75. The van der Waals surface area contributed by atoms with Gasteiger partial charge in [0.2, 0.25) is 0 Å². The zero-order valence-electron chi connectivity index (χ0n) is 7.39. The van der Waals surface area contributed by atoms with E-state index in [1.165, 1.54) is 19.1 Å². The number of Topliss-reactive ketones (excluding diaryl/α,β-unsaturated/α-hetero) is 1. The summed E-state index contributed by atoms with van der Waals surface area (Å²) in [6.45, 7) is 1.30. The molecule has 5 heteroatoms. The minimum Gasteiger partial charge on any atom is -0.298 e. The van der Waals surface area contributed by atoms with E-state index in [-0.39, 0.29) is 22.6 Å². The zero-order valence-corrected chi connectivity index (χ0v) is 7.39. The average Bonchev–Trinajstić information content (AvgIpc) is 2.16. The van der Waals surface area contributed by atoms with Crippen molar-refractivity contribution in [1.82, 2.24) is 0 Å². The summed E-state index contributed by atoms with van der Waals surface area (Å²) in [6, 6.07) is 3.57. The van der Waals surface area contributed by atoms with Gasteiger partial charge in [-0.25, -0.2) is 0 Å². The minimum absolute atomic E-state index is 0.0479. The molecular formula is C9H7NO4. The molecule has 1 aromatic carbocycles. The molecule has 0 bridgehead atoms. The van der Waals surface area contributed by atoms with Gasteiger partial charge in [-0.05, 0) is 13.0 Å². The number of carbonyl (C=O) groups is 2. The van der Waals surface area contributed by atoms with Crippen LogP contribution in [0.15, 0.2) is 18.2 Å². The maximum absolute atomic E-state index is 11.0. The van der Waals surface area contributed by atoms with E-state index in [1.54, 1.807) is 0 Å². The fraction of sp³-hybridized carbons (Fsp3) is 0.111. The van der Waals surface area contributed by atoms with Crippen LogP contribution in [0, 0.1) is 10.1 Å². The standard InChI is InChI=1S/C9H7NO4/c1-6(12)9-3-2-8(10(13)14)4-7(9)5-11/h2-5H,1H3. The summed E-state index contributed by atoms with van der Waals surface area (Å²) in [4.78, 5) is 31.3. The second-order valence-electron chi connectivity index (χ2n) is 2.70. The molecule has 14 heavy (non-hydrogen) atoms. The number of aldehydes is 1. The van der Waals surface area contributed by atoms with Crippen molar-refractivity contribution in [2.75, 3.05) is 0 Å². The molecule has 1 aromatic rings. The number of carbonyl (C=O) groups excluding carboxylic acids is 2. The molecule has 0 N–H and O–H groups in total. The molecular weight excluding hydrogens is 186 g/mol. The van der Waals surface area contributed by atoms with E-state index in [9.17, 15) is 19.7 Å². The largest absolute Gasteiger partial charge is 0.298 e. The van der Waals surface area contributed by atoms with Crippen molar-refractivity contribution in [3.63, 3.8) is 0 Å². The molecule has 72 valence electrons. The van der Waals surface area contributed by atoms with Crippen molar-refractivity contribution in [2.24, 2.45) is 0 Å². The van der Waals surface area contributed by atoms with Gasteiger partial charge < -0.3 is 0 Å². The first-order valence-corrected chi connectivity index (χ1v) is 3.81. The third kappa shape index (κ3) is 1.82. The summed E-state index contributed by atoms with van der Waals surface area (Å²) < 4.78 is 0. The number of benzene rings is 1. The molecule has 0 amide bonds. The van der Waals surface area contributed by atoms with E-state index in [0.29, 0.717) is 6.29 Å². The van der Waals surface area contributed by atoms with Gasteiger partial charge in [0.05, 0.1) is 4.92 Å². The Hall–Kier alpha value is -2.04. The lowest BCUT2D eigenvalue weighted by Crippen LogP contribution is -2.00. The molecule has 0 unspecified atom stereocenters. The van der Waals surface area contributed by atoms with Crippen LogP contribution in [0.25, 0.3) is 0 Å². The zero-order chi connectivity index (χ0) is 10.7. The fourth-order valence-electron chi connectivity index (χ4n) is 1.08. The summed E-state index contributed by atoms with van der Waals surface area (Å²) in [5, 5.41) is 10.4. The second kappa shape index (κ2) is 3.78. The predicted molar refractivity (Wildman–Crippen MR) is 48.5 cm³/mol. The van der Waals surface area contributed by atoms with Gasteiger partial charge in [-0.2, -0.15) is 0 Å². The molecule has 1 rings (SSSR count). The molecule has 0 heterocycles. The highest BCUT2D eigenvalue weighted by Gasteiger charge is 2.12. The topological polar surface area (TPSA) is 77.3 Å². The van der Waals surface area contributed by atoms with Crippen LogP contribution in [-0.4, -0.2) is 17.0 Å². The van der Waals surface area contributed by atoms with E-state index < -0.39 is 4.92 Å². The lowest BCUT2D eigenvalue weighted by molar-refractivity contribution is -0.384. The molecule has 0 saturated heterocycles. The number of nitro groups is 1. The van der Waals surface area contributed by atoms with Crippen molar-refractivity contribution in [3.8, 4) is 0 Å². The van der Waals surface area contributed by atoms with E-state index in [2.05, 4.69) is 0 Å². The molecule has 0 aliphatic carbocycles. The maximum atomic E-state index is 11.0. The van der Waals surface area contributed by atoms with Crippen LogP contribution in [0.5, 0.6) is 0 Å². The van der Waals surface area contributed by atoms with E-state index in [1.807, 2.05) is 0 Å². The van der Waals surface area contributed by atoms with Gasteiger partial charge in [0, 0.05) is 23.3 Å². The lowest BCUT2D eigenvalue weighted by Gasteiger charge is -1.99. The van der Waals surface area contributed by atoms with Gasteiger partial charge in [0.25, 0.3) is 5.69 Å². The number of nitro benzene ring substituents is 1. The average molecular weight is 193 g/mol. The molecule has 0 aliphatic heterocycles. The highest BCUT2D eigenvalue weighted by Crippen LogP contribution is 2.16. The number of hydrogen-bond acceptors (Lipinski definition) is 4. The van der Waals surface area contributed by atoms with Crippen LogP contribution in [-0.2, 0) is 0 Å². The van der Waals surface area contributed by atoms with Crippen LogP contribution < -0.4 is 0 Å². The Bertz CT molecular complexity index is 411. The van der Waals surface area contributed by atoms with Crippen LogP contribution >= 0.6 is 0 Å². The Morgan fingerprint density at radius 1 is 1.50 bits per heavy atom. The van der Waals surface area contributed by atoms with Crippen LogP contribution in [0.1, 0.15) is 27.6 Å². The van der Waals surface area contributed by atoms with E-state index >= 15 is 0 Å². The van der Waals surface area contributed by atoms with Gasteiger partial charge in [-0.3, -0.25) is 19.7 Å². The molecule has 5 nitrogen and oxygen atoms in total. The van der Waals surface area contributed by atoms with Gasteiger partial charge >= 0.3 is 0 Å². The van der Waals surface area contributed by atoms with Crippen LogP contribution in [0.3, 0.4) is 0 Å². The Morgan fingerprint density at radius 2 is 2.14 bits per heavy atom. The van der Waals surface area contributed by atoms with Gasteiger partial charge in [-0.15, -0.1) is 0 Å². The summed E-state index contributed by atoms with van der Waals surface area (Å²) >= 11 is 0. The number of non-ortho nitro benzene ring substituents is 1. The van der Waals surface area contributed by atoms with Crippen molar-refractivity contribution in [3.05, 3.63) is 39.4 Å². The first kappa shape index (κ1) is 10.0. The van der Waals surface area contributed by atoms with Crippen LogP contribution in [0.2, 0.25) is 0 Å². The van der Waals surface area contributed by atoms with Gasteiger partial charge in [0.1, 0.15) is 0 Å².